The SMILES string of the molecule is C=CCn1c(N)cc(=O)nc1SC(C)C(=O)Nc1ccc(C(=O)OC)cc1. The summed E-state index contributed by atoms with van der Waals surface area (Å²) in [5.74, 6) is -0.485. The van der Waals surface area contributed by atoms with Gasteiger partial charge < -0.3 is 20.4 Å². The average Bonchev–Trinajstić information content (AvgIpc) is 2.64. The van der Waals surface area contributed by atoms with Gasteiger partial charge in [0.2, 0.25) is 5.91 Å². The molecule has 3 N–H and O–H groups in total. The number of carbonyl (C=O) groups excluding carboxylic acids is 2. The van der Waals surface area contributed by atoms with Gasteiger partial charge in [-0.1, -0.05) is 17.8 Å². The fraction of sp³-hybridized carbons (Fsp3) is 0.222. The van der Waals surface area contributed by atoms with Crippen molar-refractivity contribution in [1.82, 2.24) is 9.55 Å². The molecule has 27 heavy (non-hydrogen) atoms. The molecule has 1 unspecified atom stereocenters. The van der Waals surface area contributed by atoms with Crippen molar-refractivity contribution in [2.24, 2.45) is 0 Å². The third-order valence-electron chi connectivity index (χ3n) is 3.56. The number of ether oxygens (including phenoxy) is 1. The predicted octanol–water partition coefficient (Wildman–Crippen LogP) is 1.92. The van der Waals surface area contributed by atoms with Crippen LogP contribution in [0.25, 0.3) is 0 Å². The van der Waals surface area contributed by atoms with Crippen LogP contribution in [-0.2, 0) is 16.1 Å². The number of nitrogens with one attached hydrogen (secondary N) is 1. The van der Waals surface area contributed by atoms with E-state index in [-0.39, 0.29) is 11.7 Å². The summed E-state index contributed by atoms with van der Waals surface area (Å²) >= 11 is 1.12. The molecule has 0 spiro atoms. The molecule has 0 radical (unpaired) electrons. The van der Waals surface area contributed by atoms with Crippen molar-refractivity contribution in [1.29, 1.82) is 0 Å². The Morgan fingerprint density at radius 3 is 2.67 bits per heavy atom. The Labute approximate surface area is 160 Å². The number of nitrogens with zero attached hydrogens (tertiary/aromatic N) is 2. The van der Waals surface area contributed by atoms with Crippen molar-refractivity contribution >= 4 is 35.1 Å². The standard InChI is InChI=1S/C18H20N4O4S/c1-4-9-22-14(19)10-15(23)21-18(22)27-11(2)16(24)20-13-7-5-12(6-8-13)17(25)26-3/h4-8,10-11H,1,9,19H2,2-3H3,(H,20,24). The molecule has 0 fully saturated rings. The number of nitrogen functional groups attached to an aromatic ring is 1. The van der Waals surface area contributed by atoms with E-state index < -0.39 is 16.8 Å². The number of hydrogen-bond donors (Lipinski definition) is 2. The van der Waals surface area contributed by atoms with Crippen LogP contribution in [0.5, 0.6) is 0 Å². The van der Waals surface area contributed by atoms with Crippen LogP contribution in [0, 0.1) is 0 Å². The fourth-order valence-electron chi connectivity index (χ4n) is 2.17. The van der Waals surface area contributed by atoms with Gasteiger partial charge in [0.25, 0.3) is 5.56 Å². The topological polar surface area (TPSA) is 116 Å². The Kier molecular flexibility index (Phi) is 6.78. The van der Waals surface area contributed by atoms with Gasteiger partial charge in [0.15, 0.2) is 5.16 Å². The van der Waals surface area contributed by atoms with E-state index in [0.717, 1.165) is 11.8 Å². The first-order valence-corrected chi connectivity index (χ1v) is 8.87. The average molecular weight is 388 g/mol. The van der Waals surface area contributed by atoms with E-state index in [2.05, 4.69) is 21.6 Å². The first-order valence-electron chi connectivity index (χ1n) is 8.00. The van der Waals surface area contributed by atoms with E-state index in [4.69, 9.17) is 5.73 Å². The van der Waals surface area contributed by atoms with Crippen LogP contribution in [0.1, 0.15) is 17.3 Å². The van der Waals surface area contributed by atoms with Crippen molar-refractivity contribution in [2.45, 2.75) is 23.9 Å². The molecule has 0 saturated carbocycles. The van der Waals surface area contributed by atoms with Gasteiger partial charge in [-0.2, -0.15) is 4.98 Å². The van der Waals surface area contributed by atoms with Crippen LogP contribution in [0.4, 0.5) is 11.5 Å². The van der Waals surface area contributed by atoms with Gasteiger partial charge in [-0.15, -0.1) is 6.58 Å². The molecule has 0 aliphatic carbocycles. The number of thioether (sulfide) groups is 1. The highest BCUT2D eigenvalue weighted by atomic mass is 32.2. The second-order valence-corrected chi connectivity index (χ2v) is 6.83. The minimum Gasteiger partial charge on any atom is -0.465 e. The second kappa shape index (κ2) is 9.04. The van der Waals surface area contributed by atoms with Crippen LogP contribution >= 0.6 is 11.8 Å². The van der Waals surface area contributed by atoms with E-state index in [1.54, 1.807) is 41.8 Å². The lowest BCUT2D eigenvalue weighted by Crippen LogP contribution is -2.25. The number of rotatable bonds is 7. The zero-order valence-electron chi connectivity index (χ0n) is 15.0. The number of amides is 1. The van der Waals surface area contributed by atoms with Crippen molar-refractivity contribution in [2.75, 3.05) is 18.2 Å². The summed E-state index contributed by atoms with van der Waals surface area (Å²) in [5.41, 5.74) is 6.30. The number of methoxy groups -OCH3 is 1. The molecule has 1 amide bonds. The number of carbonyl (C=O) groups is 2. The lowest BCUT2D eigenvalue weighted by molar-refractivity contribution is -0.115. The van der Waals surface area contributed by atoms with Gasteiger partial charge in [-0.3, -0.25) is 9.59 Å². The number of hydrogen-bond acceptors (Lipinski definition) is 7. The van der Waals surface area contributed by atoms with Crippen molar-refractivity contribution in [3.05, 3.63) is 58.9 Å². The molecule has 2 aromatic rings. The monoisotopic (exact) mass is 388 g/mol. The molecule has 0 aliphatic rings. The zero-order chi connectivity index (χ0) is 20.0. The lowest BCUT2D eigenvalue weighted by Gasteiger charge is -2.16. The third-order valence-corrected chi connectivity index (χ3v) is 4.65. The first kappa shape index (κ1) is 20.2. The zero-order valence-corrected chi connectivity index (χ0v) is 15.8. The molecule has 1 heterocycles. The summed E-state index contributed by atoms with van der Waals surface area (Å²) in [6.07, 6.45) is 1.63. The van der Waals surface area contributed by atoms with Gasteiger partial charge in [-0.05, 0) is 31.2 Å². The molecular weight excluding hydrogens is 368 g/mol. The highest BCUT2D eigenvalue weighted by Crippen LogP contribution is 2.23. The quantitative estimate of drug-likeness (QED) is 0.322. The minimum absolute atomic E-state index is 0.253. The number of benzene rings is 1. The third kappa shape index (κ3) is 5.20. The summed E-state index contributed by atoms with van der Waals surface area (Å²) in [4.78, 5) is 39.4. The van der Waals surface area contributed by atoms with Gasteiger partial charge in [-0.25, -0.2) is 4.79 Å². The van der Waals surface area contributed by atoms with Crippen molar-refractivity contribution in [3.63, 3.8) is 0 Å². The first-order chi connectivity index (χ1) is 12.8. The maximum Gasteiger partial charge on any atom is 0.337 e. The number of allylic oxidation sites excluding steroid dienone is 1. The van der Waals surface area contributed by atoms with Crippen LogP contribution in [-0.4, -0.2) is 33.8 Å². The number of aromatic nitrogens is 2. The Morgan fingerprint density at radius 2 is 2.07 bits per heavy atom. The number of esters is 1. The summed E-state index contributed by atoms with van der Waals surface area (Å²) in [7, 11) is 1.30. The van der Waals surface area contributed by atoms with E-state index >= 15 is 0 Å². The van der Waals surface area contributed by atoms with E-state index in [1.807, 2.05) is 0 Å². The summed E-state index contributed by atoms with van der Waals surface area (Å²) < 4.78 is 6.24. The van der Waals surface area contributed by atoms with Crippen LogP contribution in [0.15, 0.2) is 52.9 Å². The minimum atomic E-state index is -0.546. The Balaban J connectivity index is 2.11. The highest BCUT2D eigenvalue weighted by molar-refractivity contribution is 8.00. The molecule has 2 rings (SSSR count). The number of nitrogens with two attached hydrogens (primary N) is 1. The normalized spacial score (nSPS) is 11.5. The Morgan fingerprint density at radius 1 is 1.41 bits per heavy atom. The van der Waals surface area contributed by atoms with Gasteiger partial charge in [0, 0.05) is 18.3 Å². The smallest absolute Gasteiger partial charge is 0.337 e. The van der Waals surface area contributed by atoms with E-state index in [0.29, 0.717) is 23.0 Å². The molecule has 1 atom stereocenters. The van der Waals surface area contributed by atoms with Crippen LogP contribution < -0.4 is 16.6 Å². The largest absolute Gasteiger partial charge is 0.465 e. The summed E-state index contributed by atoms with van der Waals surface area (Å²) in [6.45, 7) is 5.71. The Hall–Kier alpha value is -3.07. The molecule has 1 aromatic carbocycles. The maximum atomic E-state index is 12.4. The van der Waals surface area contributed by atoms with Gasteiger partial charge in [0.05, 0.1) is 17.9 Å². The second-order valence-electron chi connectivity index (χ2n) is 5.52. The lowest BCUT2D eigenvalue weighted by atomic mass is 10.2. The molecule has 8 nitrogen and oxygen atoms in total. The van der Waals surface area contributed by atoms with Crippen molar-refractivity contribution in [3.8, 4) is 0 Å². The van der Waals surface area contributed by atoms with Gasteiger partial charge in [0.1, 0.15) is 5.82 Å². The molecule has 0 aliphatic heterocycles. The molecular formula is C18H20N4O4S. The Bertz CT molecular complexity index is 909. The van der Waals surface area contributed by atoms with Crippen molar-refractivity contribution < 1.29 is 14.3 Å². The van der Waals surface area contributed by atoms with Crippen LogP contribution in [0.2, 0.25) is 0 Å². The molecule has 142 valence electrons. The summed E-state index contributed by atoms with van der Waals surface area (Å²) in [5, 5.41) is 2.54. The maximum absolute atomic E-state index is 12.4. The predicted molar refractivity (Wildman–Crippen MR) is 105 cm³/mol. The van der Waals surface area contributed by atoms with Gasteiger partial charge >= 0.3 is 5.97 Å². The molecule has 0 bridgehead atoms. The fourth-order valence-corrected chi connectivity index (χ4v) is 3.10. The molecule has 0 saturated heterocycles. The summed E-state index contributed by atoms with van der Waals surface area (Å²) in [6, 6.07) is 7.55. The molecule has 1 aromatic heterocycles. The van der Waals surface area contributed by atoms with Crippen LogP contribution in [0.3, 0.4) is 0 Å². The molecule has 9 heteroatoms. The van der Waals surface area contributed by atoms with E-state index in [1.165, 1.54) is 13.2 Å². The highest BCUT2D eigenvalue weighted by Gasteiger charge is 2.18. The van der Waals surface area contributed by atoms with E-state index in [9.17, 15) is 14.4 Å². The number of anilines is 2.